The van der Waals surface area contributed by atoms with Crippen molar-refractivity contribution in [3.63, 3.8) is 0 Å². The highest BCUT2D eigenvalue weighted by Crippen LogP contribution is 2.28. The Morgan fingerprint density at radius 2 is 2.00 bits per heavy atom. The molecule has 90 valence electrons. The largest absolute Gasteiger partial charge is 0.301 e. The Bertz CT molecular complexity index is 498. The van der Waals surface area contributed by atoms with Crippen LogP contribution in [0.3, 0.4) is 0 Å². The lowest BCUT2D eigenvalue weighted by molar-refractivity contribution is -0.393. The van der Waals surface area contributed by atoms with Gasteiger partial charge in [-0.25, -0.2) is 0 Å². The van der Waals surface area contributed by atoms with Crippen LogP contribution in [0.15, 0.2) is 23.3 Å². The van der Waals surface area contributed by atoms with E-state index in [2.05, 4.69) is 10.5 Å². The van der Waals surface area contributed by atoms with Crippen molar-refractivity contribution in [2.75, 3.05) is 5.43 Å². The van der Waals surface area contributed by atoms with Gasteiger partial charge in [-0.1, -0.05) is 11.6 Å². The molecule has 0 atom stereocenters. The minimum atomic E-state index is -0.742. The number of halogens is 1. The van der Waals surface area contributed by atoms with E-state index in [4.69, 9.17) is 11.6 Å². The molecule has 0 saturated heterocycles. The molecule has 1 N–H and O–H groups in total. The minimum absolute atomic E-state index is 0.0283. The van der Waals surface area contributed by atoms with Gasteiger partial charge in [0.2, 0.25) is 0 Å². The fraction of sp³-hybridized carbons (Fsp3) is 0.125. The first-order chi connectivity index (χ1) is 7.91. The normalized spacial score (nSPS) is 11.1. The molecule has 0 aliphatic rings. The SMILES string of the molecule is CC(Cl)=NNc1ccc([N+](=O)[O-])cc1[N+](=O)[O-]. The van der Waals surface area contributed by atoms with Crippen molar-refractivity contribution in [3.05, 3.63) is 38.4 Å². The van der Waals surface area contributed by atoms with Gasteiger partial charge in [-0.15, -0.1) is 0 Å². The second-order valence-electron chi connectivity index (χ2n) is 2.94. The van der Waals surface area contributed by atoms with Crippen LogP contribution in [0.4, 0.5) is 17.1 Å². The summed E-state index contributed by atoms with van der Waals surface area (Å²) in [5.74, 6) is 0. The van der Waals surface area contributed by atoms with Crippen molar-refractivity contribution in [2.24, 2.45) is 5.10 Å². The van der Waals surface area contributed by atoms with Crippen molar-refractivity contribution in [1.82, 2.24) is 0 Å². The molecule has 0 unspecified atom stereocenters. The number of hydrogen-bond donors (Lipinski definition) is 1. The van der Waals surface area contributed by atoms with Crippen LogP contribution in [-0.4, -0.2) is 15.0 Å². The molecule has 1 aromatic carbocycles. The van der Waals surface area contributed by atoms with Crippen LogP contribution in [0, 0.1) is 20.2 Å². The van der Waals surface area contributed by atoms with Crippen LogP contribution < -0.4 is 5.43 Å². The fourth-order valence-electron chi connectivity index (χ4n) is 1.02. The van der Waals surface area contributed by atoms with Crippen LogP contribution in [0.5, 0.6) is 0 Å². The third kappa shape index (κ3) is 3.38. The van der Waals surface area contributed by atoms with E-state index in [1.165, 1.54) is 13.0 Å². The Balaban J connectivity index is 3.18. The van der Waals surface area contributed by atoms with E-state index in [0.717, 1.165) is 12.1 Å². The minimum Gasteiger partial charge on any atom is -0.271 e. The summed E-state index contributed by atoms with van der Waals surface area (Å²) in [6.07, 6.45) is 0. The van der Waals surface area contributed by atoms with Gasteiger partial charge in [0.05, 0.1) is 15.9 Å². The molecule has 0 fully saturated rings. The van der Waals surface area contributed by atoms with E-state index < -0.39 is 15.5 Å². The van der Waals surface area contributed by atoms with E-state index in [1.54, 1.807) is 0 Å². The molecule has 9 heteroatoms. The highest BCUT2D eigenvalue weighted by molar-refractivity contribution is 6.64. The zero-order valence-electron chi connectivity index (χ0n) is 8.58. The van der Waals surface area contributed by atoms with E-state index >= 15 is 0 Å². The van der Waals surface area contributed by atoms with Gasteiger partial charge < -0.3 is 0 Å². The van der Waals surface area contributed by atoms with Crippen LogP contribution in [-0.2, 0) is 0 Å². The molecule has 17 heavy (non-hydrogen) atoms. The molecule has 1 aromatic rings. The number of nitro groups is 2. The molecule has 0 spiro atoms. The van der Waals surface area contributed by atoms with Crippen LogP contribution in [0.25, 0.3) is 0 Å². The highest BCUT2D eigenvalue weighted by atomic mass is 35.5. The second-order valence-corrected chi connectivity index (χ2v) is 3.48. The van der Waals surface area contributed by atoms with Crippen molar-refractivity contribution in [1.29, 1.82) is 0 Å². The second kappa shape index (κ2) is 5.21. The van der Waals surface area contributed by atoms with Crippen molar-refractivity contribution < 1.29 is 9.85 Å². The van der Waals surface area contributed by atoms with Crippen molar-refractivity contribution in [3.8, 4) is 0 Å². The van der Waals surface area contributed by atoms with Gasteiger partial charge in [0.1, 0.15) is 10.9 Å². The van der Waals surface area contributed by atoms with Gasteiger partial charge in [0.15, 0.2) is 0 Å². The summed E-state index contributed by atoms with van der Waals surface area (Å²) >= 11 is 5.45. The Labute approximate surface area is 100 Å². The number of nitrogens with zero attached hydrogens (tertiary/aromatic N) is 3. The maximum atomic E-state index is 10.7. The van der Waals surface area contributed by atoms with Crippen LogP contribution in [0.1, 0.15) is 6.92 Å². The van der Waals surface area contributed by atoms with Crippen LogP contribution >= 0.6 is 11.6 Å². The standard InChI is InChI=1S/C8H7ClN4O4/c1-5(9)10-11-7-3-2-6(12(14)15)4-8(7)13(16)17/h2-4,11H,1H3. The van der Waals surface area contributed by atoms with Crippen molar-refractivity contribution in [2.45, 2.75) is 6.92 Å². The average Bonchev–Trinajstić information content (AvgIpc) is 2.25. The lowest BCUT2D eigenvalue weighted by atomic mass is 10.2. The summed E-state index contributed by atoms with van der Waals surface area (Å²) in [7, 11) is 0. The average molecular weight is 259 g/mol. The lowest BCUT2D eigenvalue weighted by Crippen LogP contribution is -1.99. The number of rotatable bonds is 4. The number of benzene rings is 1. The third-order valence-electron chi connectivity index (χ3n) is 1.72. The predicted molar refractivity (Wildman–Crippen MR) is 62.3 cm³/mol. The molecule has 0 heterocycles. The Morgan fingerprint density at radius 1 is 1.35 bits per heavy atom. The zero-order valence-corrected chi connectivity index (χ0v) is 9.34. The van der Waals surface area contributed by atoms with Gasteiger partial charge in [0.25, 0.3) is 5.69 Å². The predicted octanol–water partition coefficient (Wildman–Crippen LogP) is 2.49. The Morgan fingerprint density at radius 3 is 2.47 bits per heavy atom. The molecule has 0 bridgehead atoms. The number of hydrogen-bond acceptors (Lipinski definition) is 6. The first-order valence-electron chi connectivity index (χ1n) is 4.30. The van der Waals surface area contributed by atoms with Crippen LogP contribution in [0.2, 0.25) is 0 Å². The molecule has 0 saturated carbocycles. The first kappa shape index (κ1) is 12.8. The molecular weight excluding hydrogens is 252 g/mol. The van der Waals surface area contributed by atoms with Gasteiger partial charge >= 0.3 is 5.69 Å². The maximum Gasteiger partial charge on any atom is 0.301 e. The van der Waals surface area contributed by atoms with E-state index in [0.29, 0.717) is 0 Å². The quantitative estimate of drug-likeness (QED) is 0.507. The molecule has 0 radical (unpaired) electrons. The van der Waals surface area contributed by atoms with Gasteiger partial charge in [-0.3, -0.25) is 25.7 Å². The monoisotopic (exact) mass is 258 g/mol. The fourth-order valence-corrected chi connectivity index (χ4v) is 1.06. The summed E-state index contributed by atoms with van der Waals surface area (Å²) in [5.41, 5.74) is 1.57. The molecule has 0 aliphatic carbocycles. The van der Waals surface area contributed by atoms with E-state index in [9.17, 15) is 20.2 Å². The molecular formula is C8H7ClN4O4. The summed E-state index contributed by atoms with van der Waals surface area (Å²) < 4.78 is 0. The topological polar surface area (TPSA) is 111 Å². The summed E-state index contributed by atoms with van der Waals surface area (Å²) in [6, 6.07) is 3.18. The molecule has 0 amide bonds. The van der Waals surface area contributed by atoms with E-state index in [-0.39, 0.29) is 16.5 Å². The summed E-state index contributed by atoms with van der Waals surface area (Å²) in [5, 5.41) is 24.9. The first-order valence-corrected chi connectivity index (χ1v) is 4.68. The summed E-state index contributed by atoms with van der Waals surface area (Å²) in [4.78, 5) is 19.7. The molecule has 1 rings (SSSR count). The Kier molecular flexibility index (Phi) is 3.94. The van der Waals surface area contributed by atoms with Gasteiger partial charge in [-0.2, -0.15) is 5.10 Å². The number of nitrogens with one attached hydrogen (secondary N) is 1. The molecule has 8 nitrogen and oxygen atoms in total. The number of non-ortho nitro benzene ring substituents is 1. The van der Waals surface area contributed by atoms with Gasteiger partial charge in [0, 0.05) is 6.07 Å². The number of nitro benzene ring substituents is 2. The summed E-state index contributed by atoms with van der Waals surface area (Å²) in [6.45, 7) is 1.48. The number of hydrazone groups is 1. The highest BCUT2D eigenvalue weighted by Gasteiger charge is 2.19. The Hall–Kier alpha value is -2.22. The molecule has 0 aromatic heterocycles. The van der Waals surface area contributed by atoms with Gasteiger partial charge in [-0.05, 0) is 13.0 Å². The smallest absolute Gasteiger partial charge is 0.271 e. The maximum absolute atomic E-state index is 10.7. The number of anilines is 1. The molecule has 0 aliphatic heterocycles. The zero-order chi connectivity index (χ0) is 13.0. The third-order valence-corrected chi connectivity index (χ3v) is 1.80. The van der Waals surface area contributed by atoms with E-state index in [1.807, 2.05) is 0 Å². The lowest BCUT2D eigenvalue weighted by Gasteiger charge is -2.01. The van der Waals surface area contributed by atoms with Crippen molar-refractivity contribution >= 4 is 33.8 Å².